The van der Waals surface area contributed by atoms with Crippen LogP contribution in [0.5, 0.6) is 5.88 Å². The molecule has 1 saturated heterocycles. The molecule has 0 radical (unpaired) electrons. The van der Waals surface area contributed by atoms with Gasteiger partial charge in [-0.05, 0) is 48.2 Å². The summed E-state index contributed by atoms with van der Waals surface area (Å²) in [6.45, 7) is 1.42. The summed E-state index contributed by atoms with van der Waals surface area (Å²) in [6.07, 6.45) is 7.17. The minimum absolute atomic E-state index is 0.00451. The van der Waals surface area contributed by atoms with E-state index in [0.717, 1.165) is 46.7 Å². The van der Waals surface area contributed by atoms with E-state index in [1.165, 1.54) is 5.56 Å². The molecule has 1 N–H and O–H groups in total. The number of pyridine rings is 1. The van der Waals surface area contributed by atoms with Crippen molar-refractivity contribution in [1.82, 2.24) is 14.5 Å². The molecule has 2 aromatic carbocycles. The number of likely N-dealkylation sites (tertiary alicyclic amines) is 1. The van der Waals surface area contributed by atoms with Gasteiger partial charge in [0.25, 0.3) is 5.91 Å². The van der Waals surface area contributed by atoms with Gasteiger partial charge in [-0.3, -0.25) is 19.2 Å². The number of fused-ring (bicyclic) bond motifs is 1. The van der Waals surface area contributed by atoms with Gasteiger partial charge >= 0.3 is 0 Å². The number of piperidine rings is 1. The van der Waals surface area contributed by atoms with Crippen molar-refractivity contribution in [3.8, 4) is 5.88 Å². The summed E-state index contributed by atoms with van der Waals surface area (Å²) >= 11 is 3.52. The van der Waals surface area contributed by atoms with Crippen molar-refractivity contribution in [2.24, 2.45) is 10.2 Å². The third-order valence-electron chi connectivity index (χ3n) is 6.44. The zero-order chi connectivity index (χ0) is 24.2. The van der Waals surface area contributed by atoms with Crippen molar-refractivity contribution in [2.75, 3.05) is 6.54 Å². The van der Waals surface area contributed by atoms with Crippen LogP contribution in [0, 0.1) is 0 Å². The second-order valence-electron chi connectivity index (χ2n) is 8.77. The van der Waals surface area contributed by atoms with E-state index >= 15 is 0 Å². The van der Waals surface area contributed by atoms with Crippen molar-refractivity contribution in [2.45, 2.75) is 38.4 Å². The first-order chi connectivity index (χ1) is 17.1. The minimum Gasteiger partial charge on any atom is -0.493 e. The molecule has 1 amide bonds. The van der Waals surface area contributed by atoms with Crippen molar-refractivity contribution in [1.29, 1.82) is 0 Å². The third-order valence-corrected chi connectivity index (χ3v) is 6.93. The van der Waals surface area contributed by atoms with Gasteiger partial charge in [-0.1, -0.05) is 58.7 Å². The van der Waals surface area contributed by atoms with E-state index in [4.69, 9.17) is 0 Å². The number of hydrogen-bond donors (Lipinski definition) is 1. The Morgan fingerprint density at radius 3 is 2.77 bits per heavy atom. The monoisotopic (exact) mass is 531 g/mol. The maximum absolute atomic E-state index is 12.5. The standard InChI is InChI=1S/C27H26BrN5O2/c28-21-11-12-24-22(16-21)26(31-30-25(34)15-19-7-2-1-3-8-19)27(35)33(24)18-32-14-5-4-10-23(32)20-9-6-13-29-17-20/h1-3,6-9,11-13,16-17,23,35H,4-5,10,14-15,18H2. The molecule has 1 fully saturated rings. The van der Waals surface area contributed by atoms with Crippen LogP contribution in [-0.2, 0) is 17.9 Å². The molecule has 1 unspecified atom stereocenters. The predicted molar refractivity (Wildman–Crippen MR) is 139 cm³/mol. The first-order valence-electron chi connectivity index (χ1n) is 11.7. The lowest BCUT2D eigenvalue weighted by atomic mass is 9.97. The number of aromatic nitrogens is 2. The quantitative estimate of drug-likeness (QED) is 0.286. The SMILES string of the molecule is O=C(Cc1ccccc1)N=Nc1c(O)n(CN2CCCCC2c2cccnc2)c2ccc(Br)cc12. The molecular weight excluding hydrogens is 506 g/mol. The van der Waals surface area contributed by atoms with Crippen LogP contribution >= 0.6 is 15.9 Å². The molecule has 1 aliphatic heterocycles. The number of nitrogens with zero attached hydrogens (tertiary/aromatic N) is 5. The number of amides is 1. The van der Waals surface area contributed by atoms with Gasteiger partial charge in [0, 0.05) is 34.8 Å². The topological polar surface area (TPSA) is 83.1 Å². The van der Waals surface area contributed by atoms with Crippen molar-refractivity contribution in [3.05, 3.63) is 88.7 Å². The molecule has 0 bridgehead atoms. The number of halogens is 1. The number of carbonyl (C=O) groups excluding carboxylic acids is 1. The molecule has 0 spiro atoms. The molecule has 7 nitrogen and oxygen atoms in total. The fourth-order valence-corrected chi connectivity index (χ4v) is 5.10. The fourth-order valence-electron chi connectivity index (χ4n) is 4.74. The predicted octanol–water partition coefficient (Wildman–Crippen LogP) is 6.54. The minimum atomic E-state index is -0.362. The first-order valence-corrected chi connectivity index (χ1v) is 12.5. The molecule has 1 aliphatic rings. The molecule has 4 aromatic rings. The third kappa shape index (κ3) is 5.18. The van der Waals surface area contributed by atoms with E-state index in [1.54, 1.807) is 6.20 Å². The molecule has 3 heterocycles. The smallest absolute Gasteiger partial charge is 0.269 e. The Bertz CT molecular complexity index is 1350. The average Bonchev–Trinajstić information content (AvgIpc) is 3.14. The Morgan fingerprint density at radius 2 is 1.97 bits per heavy atom. The largest absolute Gasteiger partial charge is 0.493 e. The number of carbonyl (C=O) groups is 1. The molecule has 35 heavy (non-hydrogen) atoms. The molecule has 8 heteroatoms. The summed E-state index contributed by atoms with van der Waals surface area (Å²) in [5.74, 6) is -0.357. The van der Waals surface area contributed by atoms with Crippen LogP contribution in [0.3, 0.4) is 0 Å². The first kappa shape index (κ1) is 23.4. The maximum atomic E-state index is 12.5. The highest BCUT2D eigenvalue weighted by atomic mass is 79.9. The number of azo groups is 1. The summed E-state index contributed by atoms with van der Waals surface area (Å²) < 4.78 is 2.72. The molecule has 2 aromatic heterocycles. The lowest BCUT2D eigenvalue weighted by Crippen LogP contribution is -2.34. The number of rotatable bonds is 6. The fraction of sp³-hybridized carbons (Fsp3) is 0.259. The van der Waals surface area contributed by atoms with E-state index in [9.17, 15) is 9.90 Å². The van der Waals surface area contributed by atoms with Gasteiger partial charge < -0.3 is 5.11 Å². The van der Waals surface area contributed by atoms with Crippen LogP contribution in [0.25, 0.3) is 10.9 Å². The summed E-state index contributed by atoms with van der Waals surface area (Å²) in [5.41, 5.74) is 3.19. The molecule has 0 saturated carbocycles. The Labute approximate surface area is 212 Å². The zero-order valence-electron chi connectivity index (χ0n) is 19.2. The summed E-state index contributed by atoms with van der Waals surface area (Å²) in [5, 5.41) is 20.1. The Morgan fingerprint density at radius 1 is 1.11 bits per heavy atom. The van der Waals surface area contributed by atoms with Gasteiger partial charge in [0.2, 0.25) is 5.88 Å². The van der Waals surface area contributed by atoms with Gasteiger partial charge in [0.1, 0.15) is 0 Å². The van der Waals surface area contributed by atoms with Gasteiger partial charge in [-0.25, -0.2) is 0 Å². The van der Waals surface area contributed by atoms with Crippen LogP contribution in [-0.4, -0.2) is 32.0 Å². The highest BCUT2D eigenvalue weighted by Crippen LogP contribution is 2.41. The average molecular weight is 532 g/mol. The van der Waals surface area contributed by atoms with Crippen LogP contribution < -0.4 is 0 Å². The summed E-state index contributed by atoms with van der Waals surface area (Å²) in [6, 6.07) is 19.5. The van der Waals surface area contributed by atoms with Gasteiger partial charge in [0.15, 0.2) is 5.69 Å². The van der Waals surface area contributed by atoms with Crippen molar-refractivity contribution in [3.63, 3.8) is 0 Å². The van der Waals surface area contributed by atoms with Crippen LogP contribution in [0.15, 0.2) is 87.8 Å². The van der Waals surface area contributed by atoms with Gasteiger partial charge in [-0.15, -0.1) is 10.2 Å². The maximum Gasteiger partial charge on any atom is 0.269 e. The number of aromatic hydroxyl groups is 1. The van der Waals surface area contributed by atoms with Crippen LogP contribution in [0.1, 0.15) is 36.4 Å². The van der Waals surface area contributed by atoms with E-state index in [-0.39, 0.29) is 24.2 Å². The van der Waals surface area contributed by atoms with Gasteiger partial charge in [-0.2, -0.15) is 0 Å². The Balaban J connectivity index is 1.46. The second kappa shape index (κ2) is 10.5. The molecule has 5 rings (SSSR count). The zero-order valence-corrected chi connectivity index (χ0v) is 20.8. The van der Waals surface area contributed by atoms with Gasteiger partial charge in [0.05, 0.1) is 18.6 Å². The van der Waals surface area contributed by atoms with E-state index < -0.39 is 0 Å². The highest BCUT2D eigenvalue weighted by molar-refractivity contribution is 9.10. The second-order valence-corrected chi connectivity index (χ2v) is 9.69. The van der Waals surface area contributed by atoms with Crippen molar-refractivity contribution < 1.29 is 9.90 Å². The van der Waals surface area contributed by atoms with E-state index in [1.807, 2.05) is 65.4 Å². The molecule has 178 valence electrons. The molecule has 1 atom stereocenters. The van der Waals surface area contributed by atoms with Crippen molar-refractivity contribution >= 4 is 38.4 Å². The van der Waals surface area contributed by atoms with Crippen LogP contribution in [0.4, 0.5) is 5.69 Å². The lowest BCUT2D eigenvalue weighted by Gasteiger charge is -2.36. The lowest BCUT2D eigenvalue weighted by molar-refractivity contribution is -0.117. The Kier molecular flexibility index (Phi) is 7.01. The Hall–Kier alpha value is -3.36. The highest BCUT2D eigenvalue weighted by Gasteiger charge is 2.27. The van der Waals surface area contributed by atoms with E-state index in [2.05, 4.69) is 42.1 Å². The molecular formula is C27H26BrN5O2. The normalized spacial score (nSPS) is 16.8. The van der Waals surface area contributed by atoms with Crippen LogP contribution in [0.2, 0.25) is 0 Å². The summed E-state index contributed by atoms with van der Waals surface area (Å²) in [7, 11) is 0. The molecule has 0 aliphatic carbocycles. The number of hydrogen-bond acceptors (Lipinski definition) is 5. The van der Waals surface area contributed by atoms with E-state index in [0.29, 0.717) is 12.4 Å². The number of benzene rings is 2. The summed E-state index contributed by atoms with van der Waals surface area (Å²) in [4.78, 5) is 19.1.